The SMILES string of the molecule is O=C(NCCS(=O)(=O)N1CCc2ccccc21)c1ccc2c(c1)C(=O)N(Cc1ccco1)C2=O. The molecule has 2 aliphatic heterocycles. The Kier molecular flexibility index (Phi) is 5.45. The zero-order valence-electron chi connectivity index (χ0n) is 18.1. The highest BCUT2D eigenvalue weighted by Gasteiger charge is 2.36. The monoisotopic (exact) mass is 479 g/mol. The Hall–Kier alpha value is -3.92. The molecule has 2 aliphatic rings. The van der Waals surface area contributed by atoms with Crippen molar-refractivity contribution in [1.82, 2.24) is 10.2 Å². The van der Waals surface area contributed by atoms with E-state index in [1.165, 1.54) is 28.8 Å². The predicted molar refractivity (Wildman–Crippen MR) is 123 cm³/mol. The largest absolute Gasteiger partial charge is 0.467 e. The first-order chi connectivity index (χ1) is 16.3. The van der Waals surface area contributed by atoms with Crippen LogP contribution in [0.3, 0.4) is 0 Å². The molecule has 174 valence electrons. The number of hydrogen-bond donors (Lipinski definition) is 1. The summed E-state index contributed by atoms with van der Waals surface area (Å²) in [6.07, 6.45) is 2.11. The second-order valence-corrected chi connectivity index (χ2v) is 10.1. The number of para-hydroxylation sites is 1. The number of fused-ring (bicyclic) bond motifs is 2. The van der Waals surface area contributed by atoms with Crippen molar-refractivity contribution in [3.05, 3.63) is 88.9 Å². The molecule has 0 spiro atoms. The number of rotatable bonds is 7. The molecule has 0 saturated carbocycles. The topological polar surface area (TPSA) is 117 Å². The minimum atomic E-state index is -3.60. The van der Waals surface area contributed by atoms with E-state index in [0.29, 0.717) is 24.4 Å². The minimum absolute atomic E-state index is 0.00162. The Labute approximate surface area is 196 Å². The third-order valence-corrected chi connectivity index (χ3v) is 7.72. The van der Waals surface area contributed by atoms with Gasteiger partial charge in [-0.15, -0.1) is 0 Å². The lowest BCUT2D eigenvalue weighted by molar-refractivity contribution is 0.0631. The summed E-state index contributed by atoms with van der Waals surface area (Å²) in [5.74, 6) is -1.28. The maximum absolute atomic E-state index is 12.8. The molecule has 1 aromatic heterocycles. The van der Waals surface area contributed by atoms with Crippen molar-refractivity contribution >= 4 is 33.4 Å². The number of hydrogen-bond acceptors (Lipinski definition) is 6. The first kappa shape index (κ1) is 21.9. The maximum atomic E-state index is 12.8. The number of benzene rings is 2. The first-order valence-electron chi connectivity index (χ1n) is 10.7. The minimum Gasteiger partial charge on any atom is -0.467 e. The zero-order valence-corrected chi connectivity index (χ0v) is 18.9. The van der Waals surface area contributed by atoms with Gasteiger partial charge in [0.1, 0.15) is 5.76 Å². The number of furan rings is 1. The Balaban J connectivity index is 1.23. The summed E-state index contributed by atoms with van der Waals surface area (Å²) in [5.41, 5.74) is 2.17. The molecule has 3 aromatic rings. The lowest BCUT2D eigenvalue weighted by Gasteiger charge is -2.19. The van der Waals surface area contributed by atoms with Crippen molar-refractivity contribution < 1.29 is 27.2 Å². The number of carbonyl (C=O) groups excluding carboxylic acids is 3. The van der Waals surface area contributed by atoms with E-state index >= 15 is 0 Å². The van der Waals surface area contributed by atoms with Crippen molar-refractivity contribution in [3.63, 3.8) is 0 Å². The van der Waals surface area contributed by atoms with Crippen LogP contribution in [-0.4, -0.2) is 49.9 Å². The van der Waals surface area contributed by atoms with Gasteiger partial charge in [0, 0.05) is 18.7 Å². The molecule has 3 heterocycles. The number of carbonyl (C=O) groups is 3. The van der Waals surface area contributed by atoms with Crippen LogP contribution >= 0.6 is 0 Å². The van der Waals surface area contributed by atoms with Gasteiger partial charge < -0.3 is 9.73 Å². The van der Waals surface area contributed by atoms with Crippen LogP contribution in [-0.2, 0) is 23.0 Å². The third-order valence-electron chi connectivity index (χ3n) is 5.95. The average Bonchev–Trinajstić information content (AvgIpc) is 3.55. The second kappa shape index (κ2) is 8.45. The van der Waals surface area contributed by atoms with Crippen LogP contribution in [0.2, 0.25) is 0 Å². The second-order valence-electron chi connectivity index (χ2n) is 8.06. The van der Waals surface area contributed by atoms with E-state index in [0.717, 1.165) is 10.5 Å². The molecule has 0 fully saturated rings. The Morgan fingerprint density at radius 3 is 2.59 bits per heavy atom. The molecule has 34 heavy (non-hydrogen) atoms. The quantitative estimate of drug-likeness (QED) is 0.519. The van der Waals surface area contributed by atoms with Crippen molar-refractivity contribution in [2.75, 3.05) is 23.1 Å². The van der Waals surface area contributed by atoms with E-state index in [2.05, 4.69) is 5.32 Å². The van der Waals surface area contributed by atoms with E-state index in [4.69, 9.17) is 4.42 Å². The number of sulfonamides is 1. The molecule has 0 atom stereocenters. The third kappa shape index (κ3) is 3.86. The van der Waals surface area contributed by atoms with Gasteiger partial charge in [0.25, 0.3) is 17.7 Å². The summed E-state index contributed by atoms with van der Waals surface area (Å²) in [6, 6.07) is 14.9. The zero-order chi connectivity index (χ0) is 23.9. The molecular weight excluding hydrogens is 458 g/mol. The van der Waals surface area contributed by atoms with Gasteiger partial charge >= 0.3 is 0 Å². The Bertz CT molecular complexity index is 1400. The Morgan fingerprint density at radius 1 is 1.00 bits per heavy atom. The molecule has 0 aliphatic carbocycles. The van der Waals surface area contributed by atoms with Crippen LogP contribution in [0.25, 0.3) is 0 Å². The fourth-order valence-electron chi connectivity index (χ4n) is 4.24. The molecular formula is C24H21N3O6S. The van der Waals surface area contributed by atoms with Gasteiger partial charge in [-0.3, -0.25) is 23.6 Å². The number of imide groups is 1. The molecule has 0 saturated heterocycles. The number of amides is 3. The summed E-state index contributed by atoms with van der Waals surface area (Å²) < 4.78 is 32.2. The molecule has 0 bridgehead atoms. The highest BCUT2D eigenvalue weighted by molar-refractivity contribution is 7.92. The number of nitrogens with one attached hydrogen (secondary N) is 1. The van der Waals surface area contributed by atoms with Gasteiger partial charge in [-0.2, -0.15) is 0 Å². The van der Waals surface area contributed by atoms with Crippen LogP contribution in [0.1, 0.15) is 42.4 Å². The van der Waals surface area contributed by atoms with E-state index in [-0.39, 0.29) is 35.5 Å². The average molecular weight is 480 g/mol. The number of anilines is 1. The highest BCUT2D eigenvalue weighted by Crippen LogP contribution is 2.30. The molecule has 0 unspecified atom stereocenters. The number of nitrogens with zero attached hydrogens (tertiary/aromatic N) is 2. The maximum Gasteiger partial charge on any atom is 0.261 e. The van der Waals surface area contributed by atoms with Crippen LogP contribution in [0.5, 0.6) is 0 Å². The smallest absolute Gasteiger partial charge is 0.261 e. The normalized spacial score (nSPS) is 14.9. The van der Waals surface area contributed by atoms with Gasteiger partial charge in [-0.05, 0) is 48.4 Å². The molecule has 0 radical (unpaired) electrons. The molecule has 3 amide bonds. The van der Waals surface area contributed by atoms with Gasteiger partial charge in [0.15, 0.2) is 0 Å². The van der Waals surface area contributed by atoms with Crippen molar-refractivity contribution in [3.8, 4) is 0 Å². The van der Waals surface area contributed by atoms with Crippen LogP contribution in [0.4, 0.5) is 5.69 Å². The van der Waals surface area contributed by atoms with Gasteiger partial charge in [0.05, 0.1) is 35.4 Å². The molecule has 5 rings (SSSR count). The summed E-state index contributed by atoms with van der Waals surface area (Å²) in [4.78, 5) is 39.0. The summed E-state index contributed by atoms with van der Waals surface area (Å²) in [7, 11) is -3.60. The van der Waals surface area contributed by atoms with Gasteiger partial charge in [-0.1, -0.05) is 18.2 Å². The van der Waals surface area contributed by atoms with Crippen molar-refractivity contribution in [1.29, 1.82) is 0 Å². The molecule has 2 aromatic carbocycles. The highest BCUT2D eigenvalue weighted by atomic mass is 32.2. The lowest BCUT2D eigenvalue weighted by Crippen LogP contribution is -2.37. The van der Waals surface area contributed by atoms with Crippen molar-refractivity contribution in [2.24, 2.45) is 0 Å². The van der Waals surface area contributed by atoms with Gasteiger partial charge in [-0.25, -0.2) is 8.42 Å². The van der Waals surface area contributed by atoms with Gasteiger partial charge in [0.2, 0.25) is 10.0 Å². The summed E-state index contributed by atoms with van der Waals surface area (Å²) in [5, 5.41) is 2.60. The Morgan fingerprint density at radius 2 is 1.79 bits per heavy atom. The summed E-state index contributed by atoms with van der Waals surface area (Å²) >= 11 is 0. The molecule has 1 N–H and O–H groups in total. The fourth-order valence-corrected chi connectivity index (χ4v) is 5.66. The lowest BCUT2D eigenvalue weighted by atomic mass is 10.1. The van der Waals surface area contributed by atoms with Crippen molar-refractivity contribution in [2.45, 2.75) is 13.0 Å². The van der Waals surface area contributed by atoms with E-state index < -0.39 is 27.7 Å². The van der Waals surface area contributed by atoms with E-state index in [9.17, 15) is 22.8 Å². The molecule has 9 nitrogen and oxygen atoms in total. The predicted octanol–water partition coefficient (Wildman–Crippen LogP) is 2.20. The van der Waals surface area contributed by atoms with E-state index in [1.807, 2.05) is 12.1 Å². The summed E-state index contributed by atoms with van der Waals surface area (Å²) in [6.45, 7) is 0.290. The molecule has 10 heteroatoms. The van der Waals surface area contributed by atoms with Crippen LogP contribution < -0.4 is 9.62 Å². The standard InChI is InChI=1S/C24H21N3O6S/c28-22(25-10-13-34(31,32)27-11-9-16-4-1-2-6-21(16)27)17-7-8-19-20(14-17)24(30)26(23(19)29)15-18-5-3-12-33-18/h1-8,12,14H,9-11,13,15H2,(H,25,28). The van der Waals surface area contributed by atoms with Crippen LogP contribution in [0.15, 0.2) is 65.3 Å². The van der Waals surface area contributed by atoms with Crippen LogP contribution in [0, 0.1) is 0 Å². The van der Waals surface area contributed by atoms with E-state index in [1.54, 1.807) is 24.3 Å². The first-order valence-corrected chi connectivity index (χ1v) is 12.4. The fraction of sp³-hybridized carbons (Fsp3) is 0.208.